The summed E-state index contributed by atoms with van der Waals surface area (Å²) < 4.78 is 5.09. The molecule has 0 radical (unpaired) electrons. The number of anilines is 1. The van der Waals surface area contributed by atoms with E-state index in [-0.39, 0.29) is 6.03 Å². The number of carbonyl (C=O) groups is 1. The number of rotatable bonds is 5. The van der Waals surface area contributed by atoms with Gasteiger partial charge in [0.1, 0.15) is 11.9 Å². The molecular weight excluding hydrogens is 256 g/mol. The summed E-state index contributed by atoms with van der Waals surface area (Å²) in [6.45, 7) is 2.29. The zero-order valence-electron chi connectivity index (χ0n) is 11.3. The summed E-state index contributed by atoms with van der Waals surface area (Å²) in [7, 11) is 0. The third-order valence-corrected chi connectivity index (χ3v) is 2.97. The van der Waals surface area contributed by atoms with Crippen LogP contribution in [-0.2, 0) is 0 Å². The van der Waals surface area contributed by atoms with E-state index < -0.39 is 6.10 Å². The molecule has 2 rings (SSSR count). The molecule has 1 aromatic heterocycles. The molecule has 1 aromatic carbocycles. The van der Waals surface area contributed by atoms with Crippen molar-refractivity contribution in [2.45, 2.75) is 19.4 Å². The van der Waals surface area contributed by atoms with E-state index in [4.69, 9.17) is 4.42 Å². The summed E-state index contributed by atoms with van der Waals surface area (Å²) in [5.74, 6) is 0.506. The monoisotopic (exact) mass is 274 g/mol. The molecule has 0 saturated carbocycles. The SMILES string of the molecule is Cc1ccccc1NC(=O)NCC[C@@H](O)c1ccco1. The van der Waals surface area contributed by atoms with Crippen LogP contribution in [0.3, 0.4) is 0 Å². The van der Waals surface area contributed by atoms with E-state index >= 15 is 0 Å². The first kappa shape index (κ1) is 14.1. The lowest BCUT2D eigenvalue weighted by Crippen LogP contribution is -2.30. The van der Waals surface area contributed by atoms with Crippen molar-refractivity contribution in [3.8, 4) is 0 Å². The van der Waals surface area contributed by atoms with Crippen molar-refractivity contribution in [1.29, 1.82) is 0 Å². The molecule has 2 amide bonds. The number of urea groups is 1. The minimum atomic E-state index is -0.705. The number of aliphatic hydroxyl groups excluding tert-OH is 1. The van der Waals surface area contributed by atoms with Crippen LogP contribution >= 0.6 is 0 Å². The number of hydrogen-bond donors (Lipinski definition) is 3. The maximum absolute atomic E-state index is 11.7. The number of aryl methyl sites for hydroxylation is 1. The fraction of sp³-hybridized carbons (Fsp3) is 0.267. The van der Waals surface area contributed by atoms with Crippen molar-refractivity contribution in [3.05, 3.63) is 54.0 Å². The maximum Gasteiger partial charge on any atom is 0.319 e. The van der Waals surface area contributed by atoms with Gasteiger partial charge < -0.3 is 20.2 Å². The molecule has 2 aromatic rings. The Labute approximate surface area is 117 Å². The Bertz CT molecular complexity index is 552. The van der Waals surface area contributed by atoms with Gasteiger partial charge in [-0.15, -0.1) is 0 Å². The Morgan fingerprint density at radius 1 is 1.30 bits per heavy atom. The minimum Gasteiger partial charge on any atom is -0.467 e. The Morgan fingerprint density at radius 3 is 2.80 bits per heavy atom. The minimum absolute atomic E-state index is 0.286. The molecule has 3 N–H and O–H groups in total. The standard InChI is InChI=1S/C15H18N2O3/c1-11-5-2-3-6-12(11)17-15(19)16-9-8-13(18)14-7-4-10-20-14/h2-7,10,13,18H,8-9H2,1H3,(H2,16,17,19)/t13-/m1/s1. The van der Waals surface area contributed by atoms with Crippen molar-refractivity contribution in [3.63, 3.8) is 0 Å². The van der Waals surface area contributed by atoms with Crippen LogP contribution in [0.5, 0.6) is 0 Å². The van der Waals surface area contributed by atoms with Gasteiger partial charge in [0.2, 0.25) is 0 Å². The second-order valence-electron chi connectivity index (χ2n) is 4.52. The molecule has 20 heavy (non-hydrogen) atoms. The first-order valence-corrected chi connectivity index (χ1v) is 6.49. The molecule has 0 aliphatic heterocycles. The lowest BCUT2D eigenvalue weighted by molar-refractivity contribution is 0.140. The van der Waals surface area contributed by atoms with Crippen molar-refractivity contribution >= 4 is 11.7 Å². The van der Waals surface area contributed by atoms with E-state index in [2.05, 4.69) is 10.6 Å². The first-order valence-electron chi connectivity index (χ1n) is 6.49. The fourth-order valence-electron chi connectivity index (χ4n) is 1.83. The van der Waals surface area contributed by atoms with Crippen molar-refractivity contribution in [1.82, 2.24) is 5.32 Å². The lowest BCUT2D eigenvalue weighted by atomic mass is 10.2. The first-order chi connectivity index (χ1) is 9.66. The zero-order valence-corrected chi connectivity index (χ0v) is 11.3. The molecule has 1 atom stereocenters. The van der Waals surface area contributed by atoms with Crippen molar-refractivity contribution in [2.75, 3.05) is 11.9 Å². The molecular formula is C15H18N2O3. The second kappa shape index (κ2) is 6.77. The summed E-state index contributed by atoms with van der Waals surface area (Å²) in [6, 6.07) is 10.7. The van der Waals surface area contributed by atoms with Crippen LogP contribution in [0, 0.1) is 6.92 Å². The Morgan fingerprint density at radius 2 is 2.10 bits per heavy atom. The van der Waals surface area contributed by atoms with Crippen LogP contribution in [0.25, 0.3) is 0 Å². The van der Waals surface area contributed by atoms with E-state index in [1.165, 1.54) is 6.26 Å². The number of amides is 2. The zero-order chi connectivity index (χ0) is 14.4. The van der Waals surface area contributed by atoms with Crippen molar-refractivity contribution < 1.29 is 14.3 Å². The molecule has 106 valence electrons. The van der Waals surface area contributed by atoms with Crippen LogP contribution in [0.15, 0.2) is 47.1 Å². The Balaban J connectivity index is 1.74. The van der Waals surface area contributed by atoms with E-state index in [1.54, 1.807) is 12.1 Å². The quantitative estimate of drug-likeness (QED) is 0.784. The highest BCUT2D eigenvalue weighted by Gasteiger charge is 2.10. The molecule has 0 fully saturated rings. The van der Waals surface area contributed by atoms with E-state index in [9.17, 15) is 9.90 Å². The third kappa shape index (κ3) is 3.86. The molecule has 0 aliphatic rings. The molecule has 0 spiro atoms. The van der Waals surface area contributed by atoms with Crippen molar-refractivity contribution in [2.24, 2.45) is 0 Å². The highest BCUT2D eigenvalue weighted by molar-refractivity contribution is 5.89. The van der Waals surface area contributed by atoms with Crippen LogP contribution < -0.4 is 10.6 Å². The summed E-state index contributed by atoms with van der Waals surface area (Å²) in [5.41, 5.74) is 1.77. The summed E-state index contributed by atoms with van der Waals surface area (Å²) in [6.07, 6.45) is 1.20. The van der Waals surface area contributed by atoms with Gasteiger partial charge in [0.05, 0.1) is 6.26 Å². The number of carbonyl (C=O) groups excluding carboxylic acids is 1. The van der Waals surface area contributed by atoms with Crippen LogP contribution in [0.2, 0.25) is 0 Å². The van der Waals surface area contributed by atoms with Gasteiger partial charge in [0.15, 0.2) is 0 Å². The number of benzene rings is 1. The summed E-state index contributed by atoms with van der Waals surface area (Å²) in [4.78, 5) is 11.7. The normalized spacial score (nSPS) is 11.9. The number of hydrogen-bond acceptors (Lipinski definition) is 3. The van der Waals surface area contributed by atoms with E-state index in [0.717, 1.165) is 11.3 Å². The largest absolute Gasteiger partial charge is 0.467 e. The summed E-state index contributed by atoms with van der Waals surface area (Å²) in [5, 5.41) is 15.3. The maximum atomic E-state index is 11.7. The molecule has 0 aliphatic carbocycles. The predicted molar refractivity (Wildman–Crippen MR) is 76.5 cm³/mol. The van der Waals surface area contributed by atoms with E-state index in [1.807, 2.05) is 31.2 Å². The number of aliphatic hydroxyl groups is 1. The topological polar surface area (TPSA) is 74.5 Å². The van der Waals surface area contributed by atoms with Gasteiger partial charge in [-0.3, -0.25) is 0 Å². The van der Waals surface area contributed by atoms with Crippen LogP contribution in [-0.4, -0.2) is 17.7 Å². The fourth-order valence-corrected chi connectivity index (χ4v) is 1.83. The molecule has 0 unspecified atom stereocenters. The van der Waals surface area contributed by atoms with Crippen LogP contribution in [0.1, 0.15) is 23.8 Å². The molecule has 0 saturated heterocycles. The highest BCUT2D eigenvalue weighted by Crippen LogP contribution is 2.16. The number of furan rings is 1. The van der Waals surface area contributed by atoms with Gasteiger partial charge in [-0.05, 0) is 37.1 Å². The molecule has 5 nitrogen and oxygen atoms in total. The van der Waals surface area contributed by atoms with Gasteiger partial charge in [0.25, 0.3) is 0 Å². The van der Waals surface area contributed by atoms with Gasteiger partial charge in [-0.25, -0.2) is 4.79 Å². The molecule has 0 bridgehead atoms. The van der Waals surface area contributed by atoms with Crippen LogP contribution in [0.4, 0.5) is 10.5 Å². The average Bonchev–Trinajstić information content (AvgIpc) is 2.95. The number of para-hydroxylation sites is 1. The lowest BCUT2D eigenvalue weighted by Gasteiger charge is -2.11. The van der Waals surface area contributed by atoms with Gasteiger partial charge in [0, 0.05) is 12.2 Å². The average molecular weight is 274 g/mol. The predicted octanol–water partition coefficient (Wildman–Crippen LogP) is 2.83. The van der Waals surface area contributed by atoms with Gasteiger partial charge in [-0.1, -0.05) is 18.2 Å². The molecule has 5 heteroatoms. The third-order valence-electron chi connectivity index (χ3n) is 2.97. The van der Waals surface area contributed by atoms with E-state index in [0.29, 0.717) is 18.7 Å². The number of nitrogens with one attached hydrogen (secondary N) is 2. The smallest absolute Gasteiger partial charge is 0.319 e. The van der Waals surface area contributed by atoms with Gasteiger partial charge >= 0.3 is 6.03 Å². The summed E-state index contributed by atoms with van der Waals surface area (Å²) >= 11 is 0. The Kier molecular flexibility index (Phi) is 4.79. The Hall–Kier alpha value is -2.27. The molecule has 1 heterocycles. The van der Waals surface area contributed by atoms with Gasteiger partial charge in [-0.2, -0.15) is 0 Å². The highest BCUT2D eigenvalue weighted by atomic mass is 16.4. The second-order valence-corrected chi connectivity index (χ2v) is 4.52.